The van der Waals surface area contributed by atoms with E-state index in [0.717, 1.165) is 35.7 Å². The molecular formula is C32H33F2N5O3. The highest BCUT2D eigenvalue weighted by Crippen LogP contribution is 2.51. The number of halogens is 2. The molecule has 5 aliphatic rings. The molecule has 42 heavy (non-hydrogen) atoms. The van der Waals surface area contributed by atoms with Gasteiger partial charge in [-0.1, -0.05) is 13.0 Å². The number of nitrogens with one attached hydrogen (secondary N) is 2. The van der Waals surface area contributed by atoms with Crippen molar-refractivity contribution in [2.45, 2.75) is 57.0 Å². The molecule has 2 aromatic carbocycles. The van der Waals surface area contributed by atoms with Crippen molar-refractivity contribution in [2.75, 3.05) is 25.5 Å². The number of benzene rings is 2. The van der Waals surface area contributed by atoms with Gasteiger partial charge in [-0.3, -0.25) is 19.3 Å². The van der Waals surface area contributed by atoms with Crippen molar-refractivity contribution in [3.8, 4) is 0 Å². The monoisotopic (exact) mass is 573 g/mol. The Labute approximate surface area is 242 Å². The van der Waals surface area contributed by atoms with Crippen molar-refractivity contribution < 1.29 is 23.2 Å². The summed E-state index contributed by atoms with van der Waals surface area (Å²) in [5.74, 6) is -1.29. The number of hydrogen-bond acceptors (Lipinski definition) is 5. The largest absolute Gasteiger partial charge is 0.325 e. The number of piperidine rings is 1. The molecule has 0 saturated carbocycles. The number of likely N-dealkylation sites (tertiary alicyclic amines) is 2. The van der Waals surface area contributed by atoms with Gasteiger partial charge in [0.15, 0.2) is 0 Å². The first kappa shape index (κ1) is 26.9. The molecule has 2 saturated heterocycles. The third kappa shape index (κ3) is 4.02. The van der Waals surface area contributed by atoms with Crippen LogP contribution in [0.4, 0.5) is 14.5 Å². The zero-order valence-electron chi connectivity index (χ0n) is 23.7. The zero-order chi connectivity index (χ0) is 29.4. The van der Waals surface area contributed by atoms with Gasteiger partial charge in [-0.25, -0.2) is 13.8 Å². The molecule has 10 heteroatoms. The average molecular weight is 574 g/mol. The highest BCUT2D eigenvalue weighted by Gasteiger charge is 2.55. The van der Waals surface area contributed by atoms with E-state index in [9.17, 15) is 23.2 Å². The normalized spacial score (nSPS) is 30.0. The Morgan fingerprint density at radius 1 is 1.10 bits per heavy atom. The number of fused-ring (bicyclic) bond motifs is 2. The summed E-state index contributed by atoms with van der Waals surface area (Å²) < 4.78 is 28.4. The van der Waals surface area contributed by atoms with E-state index in [1.165, 1.54) is 17.0 Å². The number of nitrogens with zero attached hydrogens (tertiary/aromatic N) is 3. The second-order valence-corrected chi connectivity index (χ2v) is 12.5. The standard InChI is InChI=1S/C32H33F2N5O3/c1-18-16-35-28-27(18)31(29(41)37-28)14-19-4-5-24(12-21(19)15-31)36-26(40)17-39-25(20-10-22(33)13-23(34)11-20)6-8-32(30(39)42)7-3-9-38(32)2/h4-5,10-13,16,18,25H,3,6-9,14-15,17H2,1-2H3,(H,36,40)(H,37,41). The van der Waals surface area contributed by atoms with Gasteiger partial charge >= 0.3 is 0 Å². The van der Waals surface area contributed by atoms with Crippen LogP contribution in [0.25, 0.3) is 0 Å². The minimum atomic E-state index is -0.714. The minimum absolute atomic E-state index is 0.0350. The molecule has 2 N–H and O–H groups in total. The highest BCUT2D eigenvalue weighted by atomic mass is 19.1. The van der Waals surface area contributed by atoms with E-state index in [-0.39, 0.29) is 24.3 Å². The van der Waals surface area contributed by atoms with E-state index in [2.05, 4.69) is 20.5 Å². The van der Waals surface area contributed by atoms with Crippen molar-refractivity contribution in [3.05, 3.63) is 76.1 Å². The fourth-order valence-corrected chi connectivity index (χ4v) is 8.06. The lowest BCUT2D eigenvalue weighted by Crippen LogP contribution is -2.60. The molecule has 0 aromatic heterocycles. The van der Waals surface area contributed by atoms with Crippen molar-refractivity contribution >= 4 is 29.6 Å². The van der Waals surface area contributed by atoms with Gasteiger partial charge in [0.05, 0.1) is 11.5 Å². The first-order valence-corrected chi connectivity index (χ1v) is 14.6. The number of amides is 3. The van der Waals surface area contributed by atoms with Crippen LogP contribution >= 0.6 is 0 Å². The summed E-state index contributed by atoms with van der Waals surface area (Å²) in [7, 11) is 1.92. The van der Waals surface area contributed by atoms with Gasteiger partial charge in [-0.15, -0.1) is 0 Å². The Morgan fingerprint density at radius 2 is 1.86 bits per heavy atom. The summed E-state index contributed by atoms with van der Waals surface area (Å²) in [6, 6.07) is 8.34. The van der Waals surface area contributed by atoms with Gasteiger partial charge in [-0.05, 0) is 98.6 Å². The molecule has 2 spiro atoms. The van der Waals surface area contributed by atoms with E-state index in [4.69, 9.17) is 0 Å². The third-order valence-corrected chi connectivity index (χ3v) is 10.1. The smallest absolute Gasteiger partial charge is 0.244 e. The van der Waals surface area contributed by atoms with Crippen LogP contribution in [-0.4, -0.2) is 59.4 Å². The molecule has 4 aliphatic heterocycles. The maximum absolute atomic E-state index is 14.2. The van der Waals surface area contributed by atoms with Gasteiger partial charge in [0.25, 0.3) is 0 Å². The Kier molecular flexibility index (Phi) is 6.13. The lowest BCUT2D eigenvalue weighted by atomic mass is 9.74. The molecule has 3 amide bonds. The van der Waals surface area contributed by atoms with Crippen LogP contribution in [0.1, 0.15) is 55.3 Å². The first-order chi connectivity index (χ1) is 20.1. The predicted octanol–water partition coefficient (Wildman–Crippen LogP) is 3.88. The highest BCUT2D eigenvalue weighted by molar-refractivity contribution is 5.98. The molecule has 218 valence electrons. The fraction of sp³-hybridized carbons (Fsp3) is 0.438. The molecule has 4 atom stereocenters. The Morgan fingerprint density at radius 3 is 2.60 bits per heavy atom. The maximum atomic E-state index is 14.2. The second-order valence-electron chi connectivity index (χ2n) is 12.5. The molecule has 8 nitrogen and oxygen atoms in total. The predicted molar refractivity (Wildman–Crippen MR) is 152 cm³/mol. The van der Waals surface area contributed by atoms with Crippen LogP contribution in [0.15, 0.2) is 52.8 Å². The summed E-state index contributed by atoms with van der Waals surface area (Å²) in [5, 5.41) is 5.88. The summed E-state index contributed by atoms with van der Waals surface area (Å²) >= 11 is 0. The van der Waals surface area contributed by atoms with Gasteiger partial charge in [0.2, 0.25) is 17.7 Å². The van der Waals surface area contributed by atoms with E-state index < -0.39 is 34.5 Å². The SMILES string of the molecule is CC1C=NC2=C1C1(Cc3ccc(NC(=O)CN4C(=O)C5(CCCN5C)CCC4c4cc(F)cc(F)c4)cc3C1)C(=O)N2. The van der Waals surface area contributed by atoms with E-state index in [1.54, 1.807) is 0 Å². The van der Waals surface area contributed by atoms with Gasteiger partial charge in [0, 0.05) is 23.9 Å². The number of carbonyl (C=O) groups excluding carboxylic acids is 3. The lowest BCUT2D eigenvalue weighted by Gasteiger charge is -2.47. The second kappa shape index (κ2) is 9.55. The van der Waals surface area contributed by atoms with E-state index in [0.29, 0.717) is 49.2 Å². The average Bonchev–Trinajstić information content (AvgIpc) is 3.67. The number of anilines is 1. The topological polar surface area (TPSA) is 94.1 Å². The quantitative estimate of drug-likeness (QED) is 0.581. The Hall–Kier alpha value is -3.92. The summed E-state index contributed by atoms with van der Waals surface area (Å²) in [6.45, 7) is 2.58. The first-order valence-electron chi connectivity index (χ1n) is 14.6. The van der Waals surface area contributed by atoms with Crippen molar-refractivity contribution in [1.29, 1.82) is 0 Å². The van der Waals surface area contributed by atoms with E-state index in [1.807, 2.05) is 38.4 Å². The van der Waals surface area contributed by atoms with Crippen molar-refractivity contribution in [3.63, 3.8) is 0 Å². The number of likely N-dealkylation sites (N-methyl/N-ethyl adjacent to an activating group) is 1. The molecule has 2 fully saturated rings. The lowest BCUT2D eigenvalue weighted by molar-refractivity contribution is -0.152. The number of rotatable bonds is 4. The van der Waals surface area contributed by atoms with Crippen LogP contribution in [0, 0.1) is 23.0 Å². The summed E-state index contributed by atoms with van der Waals surface area (Å²) in [5.41, 5.74) is 2.63. The summed E-state index contributed by atoms with van der Waals surface area (Å²) in [6.07, 6.45) is 5.59. The molecule has 1 aliphatic carbocycles. The van der Waals surface area contributed by atoms with Gasteiger partial charge < -0.3 is 15.5 Å². The number of carbonyl (C=O) groups is 3. The van der Waals surface area contributed by atoms with Crippen LogP contribution < -0.4 is 10.6 Å². The zero-order valence-corrected chi connectivity index (χ0v) is 23.7. The summed E-state index contributed by atoms with van der Waals surface area (Å²) in [4.78, 5) is 48.5. The minimum Gasteiger partial charge on any atom is -0.325 e. The number of aliphatic imine (C=N–C) groups is 1. The van der Waals surface area contributed by atoms with Crippen LogP contribution in [0.3, 0.4) is 0 Å². The number of hydrogen-bond donors (Lipinski definition) is 2. The van der Waals surface area contributed by atoms with Crippen molar-refractivity contribution in [2.24, 2.45) is 16.3 Å². The molecule has 4 unspecified atom stereocenters. The molecule has 4 heterocycles. The molecule has 0 radical (unpaired) electrons. The molecule has 2 aromatic rings. The van der Waals surface area contributed by atoms with Crippen molar-refractivity contribution in [1.82, 2.24) is 15.1 Å². The van der Waals surface area contributed by atoms with Crippen LogP contribution in [0.5, 0.6) is 0 Å². The van der Waals surface area contributed by atoms with E-state index >= 15 is 0 Å². The molecular weight excluding hydrogens is 540 g/mol. The van der Waals surface area contributed by atoms with Gasteiger partial charge in [0.1, 0.15) is 29.5 Å². The van der Waals surface area contributed by atoms with Gasteiger partial charge in [-0.2, -0.15) is 0 Å². The Bertz CT molecular complexity index is 1580. The fourth-order valence-electron chi connectivity index (χ4n) is 8.06. The maximum Gasteiger partial charge on any atom is 0.244 e. The third-order valence-electron chi connectivity index (χ3n) is 10.1. The van der Waals surface area contributed by atoms with Crippen LogP contribution in [0.2, 0.25) is 0 Å². The molecule has 0 bridgehead atoms. The Balaban J connectivity index is 1.12. The van der Waals surface area contributed by atoms with Crippen LogP contribution in [-0.2, 0) is 27.2 Å². The molecule has 7 rings (SSSR count).